The number of nitrogens with one attached hydrogen (secondary N) is 1. The number of nitrogens with zero attached hydrogens (tertiary/aromatic N) is 1. The fourth-order valence-electron chi connectivity index (χ4n) is 2.87. The first-order chi connectivity index (χ1) is 8.09. The summed E-state index contributed by atoms with van der Waals surface area (Å²) in [6.07, 6.45) is 5.47. The van der Waals surface area contributed by atoms with Crippen molar-refractivity contribution in [3.8, 4) is 0 Å². The number of rotatable bonds is 1. The maximum atomic E-state index is 11.6. The van der Waals surface area contributed by atoms with Gasteiger partial charge in [0, 0.05) is 12.1 Å². The lowest BCUT2D eigenvalue weighted by molar-refractivity contribution is -0.141. The summed E-state index contributed by atoms with van der Waals surface area (Å²) in [7, 11) is 0. The van der Waals surface area contributed by atoms with E-state index >= 15 is 0 Å². The summed E-state index contributed by atoms with van der Waals surface area (Å²) in [5.74, 6) is -0.401. The molecule has 2 amide bonds. The Hall–Kier alpha value is -0.940. The number of piperazine rings is 1. The standard InChI is InChI=1S/C12H21N3O2/c1-8-12(17)14-11(16)7-15(8)10-6-4-2-3-5-9(10)13/h8-10H,2-7,13H2,1H3,(H,14,16,17). The van der Waals surface area contributed by atoms with Crippen LogP contribution < -0.4 is 11.1 Å². The van der Waals surface area contributed by atoms with Crippen molar-refractivity contribution in [2.24, 2.45) is 5.73 Å². The first kappa shape index (κ1) is 12.5. The molecule has 0 aromatic rings. The summed E-state index contributed by atoms with van der Waals surface area (Å²) in [4.78, 5) is 25.1. The van der Waals surface area contributed by atoms with E-state index < -0.39 is 0 Å². The number of hydrogen-bond donors (Lipinski definition) is 2. The number of imide groups is 1. The van der Waals surface area contributed by atoms with Crippen molar-refractivity contribution < 1.29 is 9.59 Å². The van der Waals surface area contributed by atoms with Gasteiger partial charge in [0.25, 0.3) is 0 Å². The van der Waals surface area contributed by atoms with Crippen LogP contribution in [-0.2, 0) is 9.59 Å². The van der Waals surface area contributed by atoms with Crippen LogP contribution in [0.25, 0.3) is 0 Å². The minimum Gasteiger partial charge on any atom is -0.326 e. The molecule has 0 radical (unpaired) electrons. The highest BCUT2D eigenvalue weighted by Gasteiger charge is 2.37. The Kier molecular flexibility index (Phi) is 3.79. The molecule has 17 heavy (non-hydrogen) atoms. The van der Waals surface area contributed by atoms with Crippen molar-refractivity contribution in [1.29, 1.82) is 0 Å². The van der Waals surface area contributed by atoms with E-state index in [2.05, 4.69) is 5.32 Å². The Morgan fingerprint density at radius 1 is 1.24 bits per heavy atom. The minimum atomic E-state index is -0.248. The molecule has 1 aliphatic carbocycles. The molecule has 3 atom stereocenters. The SMILES string of the molecule is CC1C(=O)NC(=O)CN1C1CCCCCC1N. The van der Waals surface area contributed by atoms with Crippen LogP contribution in [0.3, 0.4) is 0 Å². The predicted molar refractivity (Wildman–Crippen MR) is 64.2 cm³/mol. The zero-order valence-corrected chi connectivity index (χ0v) is 10.3. The fourth-order valence-corrected chi connectivity index (χ4v) is 2.87. The monoisotopic (exact) mass is 239 g/mol. The molecule has 1 saturated carbocycles. The van der Waals surface area contributed by atoms with Crippen LogP contribution in [0.2, 0.25) is 0 Å². The molecule has 0 aromatic carbocycles. The molecule has 1 saturated heterocycles. The largest absolute Gasteiger partial charge is 0.326 e. The summed E-state index contributed by atoms with van der Waals surface area (Å²) in [6, 6.07) is 0.00278. The molecule has 2 fully saturated rings. The van der Waals surface area contributed by atoms with Gasteiger partial charge in [-0.25, -0.2) is 0 Å². The molecule has 1 heterocycles. The van der Waals surface area contributed by atoms with E-state index in [9.17, 15) is 9.59 Å². The highest BCUT2D eigenvalue weighted by molar-refractivity contribution is 6.00. The second kappa shape index (κ2) is 5.14. The van der Waals surface area contributed by atoms with E-state index in [1.165, 1.54) is 6.42 Å². The van der Waals surface area contributed by atoms with Crippen molar-refractivity contribution in [2.75, 3.05) is 6.54 Å². The molecular formula is C12H21N3O2. The Morgan fingerprint density at radius 3 is 2.71 bits per heavy atom. The molecule has 0 spiro atoms. The minimum absolute atomic E-state index is 0.0821. The van der Waals surface area contributed by atoms with Crippen LogP contribution in [0.4, 0.5) is 0 Å². The smallest absolute Gasteiger partial charge is 0.243 e. The molecular weight excluding hydrogens is 218 g/mol. The van der Waals surface area contributed by atoms with Gasteiger partial charge in [-0.2, -0.15) is 0 Å². The number of nitrogens with two attached hydrogens (primary N) is 1. The predicted octanol–water partition coefficient (Wildman–Crippen LogP) is -0.00670. The number of amides is 2. The lowest BCUT2D eigenvalue weighted by Gasteiger charge is -2.40. The summed E-state index contributed by atoms with van der Waals surface area (Å²) < 4.78 is 0. The lowest BCUT2D eigenvalue weighted by Crippen LogP contribution is -2.62. The topological polar surface area (TPSA) is 75.4 Å². The van der Waals surface area contributed by atoms with Crippen LogP contribution in [0.15, 0.2) is 0 Å². The zero-order valence-electron chi connectivity index (χ0n) is 10.3. The number of carbonyl (C=O) groups is 2. The molecule has 2 rings (SSSR count). The van der Waals surface area contributed by atoms with Gasteiger partial charge in [0.15, 0.2) is 0 Å². The average molecular weight is 239 g/mol. The molecule has 1 aliphatic heterocycles. The maximum Gasteiger partial charge on any atom is 0.243 e. The molecule has 0 bridgehead atoms. The van der Waals surface area contributed by atoms with Crippen LogP contribution in [0.5, 0.6) is 0 Å². The summed E-state index contributed by atoms with van der Waals surface area (Å²) in [5.41, 5.74) is 6.18. The van der Waals surface area contributed by atoms with Crippen molar-refractivity contribution in [3.63, 3.8) is 0 Å². The molecule has 5 nitrogen and oxygen atoms in total. The Labute approximate surface area is 102 Å². The first-order valence-corrected chi connectivity index (χ1v) is 6.44. The first-order valence-electron chi connectivity index (χ1n) is 6.44. The van der Waals surface area contributed by atoms with E-state index in [4.69, 9.17) is 5.73 Å². The van der Waals surface area contributed by atoms with Gasteiger partial charge < -0.3 is 5.73 Å². The van der Waals surface area contributed by atoms with Gasteiger partial charge in [-0.1, -0.05) is 19.3 Å². The van der Waals surface area contributed by atoms with Gasteiger partial charge in [-0.05, 0) is 19.8 Å². The summed E-state index contributed by atoms with van der Waals surface area (Å²) in [5, 5.41) is 2.37. The van der Waals surface area contributed by atoms with Crippen LogP contribution in [0, 0.1) is 0 Å². The third-order valence-electron chi connectivity index (χ3n) is 3.92. The van der Waals surface area contributed by atoms with E-state index in [0.717, 1.165) is 25.7 Å². The Balaban J connectivity index is 2.12. The van der Waals surface area contributed by atoms with Crippen molar-refractivity contribution in [3.05, 3.63) is 0 Å². The van der Waals surface area contributed by atoms with E-state index in [1.807, 2.05) is 11.8 Å². The van der Waals surface area contributed by atoms with Crippen LogP contribution in [-0.4, -0.2) is 41.4 Å². The van der Waals surface area contributed by atoms with Gasteiger partial charge >= 0.3 is 0 Å². The Morgan fingerprint density at radius 2 is 1.94 bits per heavy atom. The molecule has 5 heteroatoms. The number of carbonyl (C=O) groups excluding carboxylic acids is 2. The zero-order chi connectivity index (χ0) is 12.4. The summed E-state index contributed by atoms with van der Waals surface area (Å²) in [6.45, 7) is 2.14. The quantitative estimate of drug-likeness (QED) is 0.498. The normalized spacial score (nSPS) is 36.5. The second-order valence-electron chi connectivity index (χ2n) is 5.13. The fraction of sp³-hybridized carbons (Fsp3) is 0.833. The highest BCUT2D eigenvalue weighted by Crippen LogP contribution is 2.23. The van der Waals surface area contributed by atoms with Gasteiger partial charge in [-0.15, -0.1) is 0 Å². The lowest BCUT2D eigenvalue weighted by atomic mass is 9.99. The summed E-state index contributed by atoms with van der Waals surface area (Å²) >= 11 is 0. The van der Waals surface area contributed by atoms with Crippen molar-refractivity contribution in [1.82, 2.24) is 10.2 Å². The molecule has 3 N–H and O–H groups in total. The molecule has 96 valence electrons. The third-order valence-corrected chi connectivity index (χ3v) is 3.92. The van der Waals surface area contributed by atoms with E-state index in [-0.39, 0.29) is 29.9 Å². The van der Waals surface area contributed by atoms with Gasteiger partial charge in [0.1, 0.15) is 0 Å². The van der Waals surface area contributed by atoms with Gasteiger partial charge in [0.05, 0.1) is 12.6 Å². The van der Waals surface area contributed by atoms with Crippen LogP contribution >= 0.6 is 0 Å². The van der Waals surface area contributed by atoms with Gasteiger partial charge in [0.2, 0.25) is 11.8 Å². The average Bonchev–Trinajstić information content (AvgIpc) is 2.48. The molecule has 0 aromatic heterocycles. The maximum absolute atomic E-state index is 11.6. The Bertz CT molecular complexity index is 319. The third kappa shape index (κ3) is 2.66. The van der Waals surface area contributed by atoms with Crippen molar-refractivity contribution >= 4 is 11.8 Å². The number of hydrogen-bond acceptors (Lipinski definition) is 4. The molecule has 2 aliphatic rings. The van der Waals surface area contributed by atoms with Crippen LogP contribution in [0.1, 0.15) is 39.0 Å². The van der Waals surface area contributed by atoms with Crippen molar-refractivity contribution in [2.45, 2.75) is 57.2 Å². The van der Waals surface area contributed by atoms with E-state index in [0.29, 0.717) is 6.54 Å². The molecule has 3 unspecified atom stereocenters. The highest BCUT2D eigenvalue weighted by atomic mass is 16.2. The van der Waals surface area contributed by atoms with E-state index in [1.54, 1.807) is 0 Å². The second-order valence-corrected chi connectivity index (χ2v) is 5.13. The van der Waals surface area contributed by atoms with Gasteiger partial charge in [-0.3, -0.25) is 19.8 Å².